The molecule has 0 amide bonds. The summed E-state index contributed by atoms with van der Waals surface area (Å²) in [4.78, 5) is 10.8. The van der Waals surface area contributed by atoms with Crippen LogP contribution in [0.5, 0.6) is 5.75 Å². The van der Waals surface area contributed by atoms with Gasteiger partial charge >= 0.3 is 6.36 Å². The van der Waals surface area contributed by atoms with Gasteiger partial charge in [0.15, 0.2) is 0 Å². The Morgan fingerprint density at radius 3 is 2.27 bits per heavy atom. The van der Waals surface area contributed by atoms with E-state index in [9.17, 15) is 13.2 Å². The Balaban J connectivity index is 1.75. The highest BCUT2D eigenvalue weighted by atomic mass is 19.4. The summed E-state index contributed by atoms with van der Waals surface area (Å²) in [6.07, 6.45) is -0.0561. The van der Waals surface area contributed by atoms with Crippen molar-refractivity contribution in [1.29, 1.82) is 0 Å². The van der Waals surface area contributed by atoms with Crippen molar-refractivity contribution >= 4 is 17.6 Å². The Kier molecular flexibility index (Phi) is 5.05. The van der Waals surface area contributed by atoms with Crippen molar-refractivity contribution < 1.29 is 17.9 Å². The SMILES string of the molecule is NC1=NC2(CCCCC2)N(c2ccccc2-c2ccc(OC(F)(F)F)cc2)C(N)=N1. The van der Waals surface area contributed by atoms with Crippen LogP contribution in [0.2, 0.25) is 0 Å². The lowest BCUT2D eigenvalue weighted by Gasteiger charge is -2.46. The summed E-state index contributed by atoms with van der Waals surface area (Å²) in [5.74, 6) is 0.148. The maximum absolute atomic E-state index is 12.5. The molecule has 0 atom stereocenters. The second-order valence-corrected chi connectivity index (χ2v) is 7.41. The maximum atomic E-state index is 12.5. The number of rotatable bonds is 3. The van der Waals surface area contributed by atoms with Crippen LogP contribution < -0.4 is 21.1 Å². The highest BCUT2D eigenvalue weighted by Crippen LogP contribution is 2.43. The van der Waals surface area contributed by atoms with Crippen LogP contribution in [-0.2, 0) is 0 Å². The number of anilines is 1. The van der Waals surface area contributed by atoms with Gasteiger partial charge in [-0.3, -0.25) is 4.90 Å². The molecule has 1 aliphatic carbocycles. The molecule has 4 rings (SSSR count). The van der Waals surface area contributed by atoms with E-state index in [1.54, 1.807) is 12.1 Å². The Hall–Kier alpha value is -3.23. The molecule has 1 fully saturated rings. The van der Waals surface area contributed by atoms with Gasteiger partial charge in [0.1, 0.15) is 11.4 Å². The number of halogens is 3. The van der Waals surface area contributed by atoms with Crippen LogP contribution in [0, 0.1) is 0 Å². The van der Waals surface area contributed by atoms with Crippen molar-refractivity contribution in [2.24, 2.45) is 21.5 Å². The van der Waals surface area contributed by atoms with Gasteiger partial charge in [0, 0.05) is 5.56 Å². The van der Waals surface area contributed by atoms with E-state index in [1.807, 2.05) is 29.2 Å². The lowest BCUT2D eigenvalue weighted by Crippen LogP contribution is -2.58. The molecule has 0 unspecified atom stereocenters. The Labute approximate surface area is 172 Å². The first kappa shape index (κ1) is 20.1. The summed E-state index contributed by atoms with van der Waals surface area (Å²) in [5.41, 5.74) is 14.0. The number of alkyl halides is 3. The molecule has 30 heavy (non-hydrogen) atoms. The molecule has 0 aromatic heterocycles. The van der Waals surface area contributed by atoms with Gasteiger partial charge in [-0.2, -0.15) is 4.99 Å². The van der Waals surface area contributed by atoms with Gasteiger partial charge in [-0.05, 0) is 49.4 Å². The van der Waals surface area contributed by atoms with Crippen molar-refractivity contribution in [2.75, 3.05) is 4.90 Å². The first-order chi connectivity index (χ1) is 14.3. The summed E-state index contributed by atoms with van der Waals surface area (Å²) in [6, 6.07) is 13.3. The molecule has 2 aromatic rings. The fourth-order valence-electron chi connectivity index (χ4n) is 4.22. The van der Waals surface area contributed by atoms with Crippen LogP contribution in [0.25, 0.3) is 11.1 Å². The number of hydrogen-bond acceptors (Lipinski definition) is 6. The Morgan fingerprint density at radius 1 is 0.933 bits per heavy atom. The lowest BCUT2D eigenvalue weighted by atomic mass is 9.86. The van der Waals surface area contributed by atoms with Gasteiger partial charge < -0.3 is 16.2 Å². The van der Waals surface area contributed by atoms with Crippen molar-refractivity contribution in [3.05, 3.63) is 48.5 Å². The number of benzene rings is 2. The molecule has 1 saturated carbocycles. The molecule has 0 bridgehead atoms. The number of para-hydroxylation sites is 1. The molecule has 1 spiro atoms. The molecule has 2 aromatic carbocycles. The van der Waals surface area contributed by atoms with Crippen molar-refractivity contribution in [3.63, 3.8) is 0 Å². The molecule has 1 heterocycles. The standard InChI is InChI=1S/C21H22F3N5O/c22-21(23,24)30-15-10-8-14(9-11-15)16-6-2-3-7-17(16)29-19(26)27-18(25)28-20(29)12-4-1-5-13-20/h2-3,6-11H,1,4-5,12-13H2,(H4,25,26,27,28). The lowest BCUT2D eigenvalue weighted by molar-refractivity contribution is -0.274. The fourth-order valence-corrected chi connectivity index (χ4v) is 4.22. The van der Waals surface area contributed by atoms with Crippen LogP contribution in [0.3, 0.4) is 0 Å². The largest absolute Gasteiger partial charge is 0.573 e. The van der Waals surface area contributed by atoms with Crippen LogP contribution in [-0.4, -0.2) is 23.9 Å². The zero-order valence-corrected chi connectivity index (χ0v) is 16.2. The van der Waals surface area contributed by atoms with E-state index in [0.717, 1.165) is 48.9 Å². The van der Waals surface area contributed by atoms with Crippen molar-refractivity contribution in [1.82, 2.24) is 0 Å². The van der Waals surface area contributed by atoms with E-state index < -0.39 is 12.0 Å². The Morgan fingerprint density at radius 2 is 1.60 bits per heavy atom. The summed E-state index contributed by atoms with van der Waals surface area (Å²) >= 11 is 0. The number of guanidine groups is 2. The van der Waals surface area contributed by atoms with Crippen LogP contribution >= 0.6 is 0 Å². The first-order valence-corrected chi connectivity index (χ1v) is 9.72. The molecule has 9 heteroatoms. The fraction of sp³-hybridized carbons (Fsp3) is 0.333. The molecule has 4 N–H and O–H groups in total. The van der Waals surface area contributed by atoms with E-state index in [1.165, 1.54) is 12.1 Å². The molecular weight excluding hydrogens is 395 g/mol. The molecular formula is C21H22F3N5O. The molecule has 158 valence electrons. The zero-order chi connectivity index (χ0) is 21.4. The first-order valence-electron chi connectivity index (χ1n) is 9.72. The van der Waals surface area contributed by atoms with Gasteiger partial charge in [-0.1, -0.05) is 36.8 Å². The molecule has 6 nitrogen and oxygen atoms in total. The number of nitrogens with two attached hydrogens (primary N) is 2. The molecule has 0 radical (unpaired) electrons. The molecule has 1 aliphatic heterocycles. The topological polar surface area (TPSA) is 89.2 Å². The van der Waals surface area contributed by atoms with Gasteiger partial charge in [-0.25, -0.2) is 4.99 Å². The van der Waals surface area contributed by atoms with E-state index in [2.05, 4.69) is 14.7 Å². The predicted octanol–water partition coefficient (Wildman–Crippen LogP) is 4.36. The normalized spacial score (nSPS) is 18.7. The minimum atomic E-state index is -4.73. The van der Waals surface area contributed by atoms with E-state index in [4.69, 9.17) is 11.5 Å². The number of nitrogens with zero attached hydrogens (tertiary/aromatic N) is 3. The van der Waals surface area contributed by atoms with Crippen LogP contribution in [0.4, 0.5) is 18.9 Å². The van der Waals surface area contributed by atoms with E-state index >= 15 is 0 Å². The van der Waals surface area contributed by atoms with E-state index in [-0.39, 0.29) is 17.7 Å². The highest BCUT2D eigenvalue weighted by molar-refractivity contribution is 6.07. The van der Waals surface area contributed by atoms with Gasteiger partial charge in [0.05, 0.1) is 5.69 Å². The quantitative estimate of drug-likeness (QED) is 0.777. The van der Waals surface area contributed by atoms with Gasteiger partial charge in [-0.15, -0.1) is 13.2 Å². The van der Waals surface area contributed by atoms with Crippen molar-refractivity contribution in [2.45, 2.75) is 44.1 Å². The number of aliphatic imine (C=N–C) groups is 2. The average molecular weight is 417 g/mol. The van der Waals surface area contributed by atoms with Gasteiger partial charge in [0.2, 0.25) is 11.9 Å². The zero-order valence-electron chi connectivity index (χ0n) is 16.2. The van der Waals surface area contributed by atoms with Crippen LogP contribution in [0.15, 0.2) is 58.5 Å². The summed E-state index contributed by atoms with van der Waals surface area (Å²) in [5, 5.41) is 0. The van der Waals surface area contributed by atoms with Crippen LogP contribution in [0.1, 0.15) is 32.1 Å². The smallest absolute Gasteiger partial charge is 0.406 e. The monoisotopic (exact) mass is 417 g/mol. The predicted molar refractivity (Wildman–Crippen MR) is 110 cm³/mol. The summed E-state index contributed by atoms with van der Waals surface area (Å²) in [6.45, 7) is 0. The number of ether oxygens (including phenoxy) is 1. The molecule has 2 aliphatic rings. The third kappa shape index (κ3) is 3.92. The summed E-state index contributed by atoms with van der Waals surface area (Å²) < 4.78 is 41.4. The van der Waals surface area contributed by atoms with Gasteiger partial charge in [0.25, 0.3) is 0 Å². The highest BCUT2D eigenvalue weighted by Gasteiger charge is 2.43. The second-order valence-electron chi connectivity index (χ2n) is 7.41. The minimum absolute atomic E-state index is 0.164. The van der Waals surface area contributed by atoms with Crippen molar-refractivity contribution in [3.8, 4) is 16.9 Å². The maximum Gasteiger partial charge on any atom is 0.573 e. The average Bonchev–Trinajstić information content (AvgIpc) is 2.68. The van der Waals surface area contributed by atoms with E-state index in [0.29, 0.717) is 0 Å². The minimum Gasteiger partial charge on any atom is -0.406 e. The summed E-state index contributed by atoms with van der Waals surface area (Å²) in [7, 11) is 0. The Bertz CT molecular complexity index is 979. The number of hydrogen-bond donors (Lipinski definition) is 2. The third-order valence-corrected chi connectivity index (χ3v) is 5.40. The second kappa shape index (κ2) is 7.55. The third-order valence-electron chi connectivity index (χ3n) is 5.40. The molecule has 0 saturated heterocycles.